The molecule has 3 aliphatic heterocycles. The molecular formula is C41H55FN2O10S2. The lowest BCUT2D eigenvalue weighted by molar-refractivity contribution is -0.297. The highest BCUT2D eigenvalue weighted by atomic mass is 32.1. The molecule has 2 N–H and O–H groups in total. The van der Waals surface area contributed by atoms with E-state index in [-0.39, 0.29) is 25.2 Å². The minimum Gasteiger partial charge on any atom is -0.458 e. The molecule has 12 nitrogen and oxygen atoms in total. The first-order valence-electron chi connectivity index (χ1n) is 19.1. The van der Waals surface area contributed by atoms with E-state index in [0.717, 1.165) is 21.6 Å². The molecular weight excluding hydrogens is 764 g/mol. The topological polar surface area (TPSA) is 150 Å². The third-order valence-corrected chi connectivity index (χ3v) is 13.5. The Balaban J connectivity index is 1.58. The van der Waals surface area contributed by atoms with Crippen LogP contribution in [0.15, 0.2) is 29.6 Å². The number of likely N-dealkylation sites (N-methyl/N-ethyl adjacent to an activating group) is 1. The molecule has 0 bridgehead atoms. The van der Waals surface area contributed by atoms with Gasteiger partial charge in [0.15, 0.2) is 29.1 Å². The minimum atomic E-state index is -2.64. The summed E-state index contributed by atoms with van der Waals surface area (Å²) in [6.45, 7) is 11.9. The largest absolute Gasteiger partial charge is 0.458 e. The number of amides is 1. The summed E-state index contributed by atoms with van der Waals surface area (Å²) >= 11 is 3.12. The lowest BCUT2D eigenvalue weighted by Crippen LogP contribution is -2.62. The van der Waals surface area contributed by atoms with Crippen molar-refractivity contribution >= 4 is 46.3 Å². The number of ketones is 2. The summed E-state index contributed by atoms with van der Waals surface area (Å²) in [5, 5.41) is 16.2. The molecule has 2 aromatic rings. The van der Waals surface area contributed by atoms with E-state index in [1.165, 1.54) is 46.0 Å². The molecule has 5 heterocycles. The summed E-state index contributed by atoms with van der Waals surface area (Å²) in [6.07, 6.45) is -6.12. The fraction of sp³-hybridized carbons (Fsp3) is 0.659. The Morgan fingerprint density at radius 1 is 1.05 bits per heavy atom. The molecule has 56 heavy (non-hydrogen) atoms. The maximum atomic E-state index is 17.4. The van der Waals surface area contributed by atoms with Gasteiger partial charge < -0.3 is 39.0 Å². The number of halogens is 1. The van der Waals surface area contributed by atoms with Gasteiger partial charge in [0.1, 0.15) is 24.7 Å². The highest BCUT2D eigenvalue weighted by molar-refractivity contribution is 7.21. The Bertz CT molecular complexity index is 1810. The zero-order valence-electron chi connectivity index (χ0n) is 33.8. The van der Waals surface area contributed by atoms with Crippen molar-refractivity contribution in [1.29, 1.82) is 0 Å². The highest BCUT2D eigenvalue weighted by Gasteiger charge is 2.59. The molecule has 0 aromatic carbocycles. The Morgan fingerprint density at radius 2 is 1.77 bits per heavy atom. The van der Waals surface area contributed by atoms with E-state index in [9.17, 15) is 24.3 Å². The number of Topliss-reactive ketones (excluding diaryl/α,β-unsaturated/α-hetero) is 2. The van der Waals surface area contributed by atoms with Gasteiger partial charge in [-0.3, -0.25) is 14.4 Å². The number of cyclic esters (lactones) is 1. The molecule has 0 radical (unpaired) electrons. The van der Waals surface area contributed by atoms with Crippen molar-refractivity contribution < 1.29 is 52.4 Å². The SMILES string of the molecule is CC[C@H]1OC(=O)[C@H](C)C(=O)[C@H](C)[C@@H](O[C@@H]2O[C@H](C)C[C@H](N(C)C)[C@H]2O)[C@](C)(OCC#Cc2ccc(-c3cccs3)s2)C[C@](C)(F)C(=O)[C@H](C)[C@@H]2NC(=O)O[C@]12C. The molecule has 5 rings (SSSR count). The van der Waals surface area contributed by atoms with Crippen LogP contribution in [0.4, 0.5) is 9.18 Å². The third kappa shape index (κ3) is 9.07. The molecule has 0 spiro atoms. The van der Waals surface area contributed by atoms with Gasteiger partial charge in [-0.25, -0.2) is 9.18 Å². The van der Waals surface area contributed by atoms with Gasteiger partial charge >= 0.3 is 12.1 Å². The van der Waals surface area contributed by atoms with Crippen LogP contribution in [0.3, 0.4) is 0 Å². The summed E-state index contributed by atoms with van der Waals surface area (Å²) in [6, 6.07) is 6.40. The van der Waals surface area contributed by atoms with Crippen LogP contribution in [0.1, 0.15) is 79.5 Å². The molecule has 2 aromatic heterocycles. The van der Waals surface area contributed by atoms with Crippen molar-refractivity contribution in [3.8, 4) is 21.6 Å². The number of thiophene rings is 2. The van der Waals surface area contributed by atoms with Crippen molar-refractivity contribution in [3.05, 3.63) is 34.5 Å². The number of fused-ring (bicyclic) bond motifs is 1. The predicted octanol–water partition coefficient (Wildman–Crippen LogP) is 5.78. The van der Waals surface area contributed by atoms with Gasteiger partial charge in [0.05, 0.1) is 28.7 Å². The van der Waals surface area contributed by atoms with E-state index in [4.69, 9.17) is 23.7 Å². The van der Waals surface area contributed by atoms with Crippen LogP contribution < -0.4 is 5.32 Å². The second-order valence-electron chi connectivity index (χ2n) is 16.1. The number of nitrogens with one attached hydrogen (secondary N) is 1. The second-order valence-corrected chi connectivity index (χ2v) is 18.2. The number of carbonyl (C=O) groups is 4. The molecule has 0 saturated carbocycles. The number of aliphatic hydroxyl groups excluding tert-OH is 1. The van der Waals surface area contributed by atoms with E-state index in [1.54, 1.807) is 18.3 Å². The normalized spacial score (nSPS) is 38.5. The van der Waals surface area contributed by atoms with Crippen LogP contribution in [0, 0.1) is 29.6 Å². The van der Waals surface area contributed by atoms with Gasteiger partial charge in [-0.1, -0.05) is 38.7 Å². The predicted molar refractivity (Wildman–Crippen MR) is 210 cm³/mol. The fourth-order valence-electron chi connectivity index (χ4n) is 8.43. The third-order valence-electron chi connectivity index (χ3n) is 11.5. The molecule has 0 unspecified atom stereocenters. The number of hydrogen-bond donors (Lipinski definition) is 2. The van der Waals surface area contributed by atoms with Crippen molar-refractivity contribution in [1.82, 2.24) is 10.2 Å². The molecule has 3 saturated heterocycles. The number of ether oxygens (including phenoxy) is 5. The number of hydrogen-bond acceptors (Lipinski definition) is 13. The zero-order chi connectivity index (χ0) is 41.3. The van der Waals surface area contributed by atoms with Gasteiger partial charge in [0.2, 0.25) is 0 Å². The Morgan fingerprint density at radius 3 is 2.41 bits per heavy atom. The molecule has 3 fully saturated rings. The number of aliphatic hydroxyl groups is 1. The van der Waals surface area contributed by atoms with Crippen LogP contribution in [-0.2, 0) is 38.1 Å². The fourth-order valence-corrected chi connectivity index (χ4v) is 10.1. The lowest BCUT2D eigenvalue weighted by atomic mass is 9.72. The standard InChI is InChI=1S/C41H55FN2O10S2/c1-11-30-41(8)33(43-38(49)54-41)25(5)34(47)39(6,42)21-40(7,50-18-12-14-26-16-17-29(56-26)28-15-13-19-55-28)35(23(3)31(45)24(4)36(48)52-30)53-37-32(46)27(44(9)10)20-22(2)51-37/h13,15-17,19,22-25,27,30,32-33,35,37,46H,11,18,20-21H2,1-10H3,(H,43,49)/t22-,23+,24-,25-,27+,30-,32-,33+,35-,37+,39+,40-,41-/m1/s1. The van der Waals surface area contributed by atoms with Crippen LogP contribution in [0.2, 0.25) is 0 Å². The number of alkyl halides is 1. The van der Waals surface area contributed by atoms with E-state index < -0.39 is 95.3 Å². The number of alkyl carbamates (subject to hydrolysis) is 1. The van der Waals surface area contributed by atoms with E-state index in [1.807, 2.05) is 55.6 Å². The van der Waals surface area contributed by atoms with E-state index >= 15 is 4.39 Å². The molecule has 3 aliphatic rings. The summed E-state index contributed by atoms with van der Waals surface area (Å²) in [4.78, 5) is 60.0. The monoisotopic (exact) mass is 818 g/mol. The molecule has 1 amide bonds. The van der Waals surface area contributed by atoms with Crippen molar-refractivity contribution in [2.45, 2.75) is 134 Å². The number of carbonyl (C=O) groups excluding carboxylic acids is 4. The average molecular weight is 819 g/mol. The van der Waals surface area contributed by atoms with Gasteiger partial charge in [-0.05, 0) is 85.1 Å². The summed E-state index contributed by atoms with van der Waals surface area (Å²) in [5.74, 6) is 0.0497. The molecule has 0 aliphatic carbocycles. The van der Waals surface area contributed by atoms with Gasteiger partial charge in [0, 0.05) is 34.1 Å². The smallest absolute Gasteiger partial charge is 0.408 e. The van der Waals surface area contributed by atoms with Crippen molar-refractivity contribution in [2.24, 2.45) is 17.8 Å². The van der Waals surface area contributed by atoms with Crippen LogP contribution in [0.5, 0.6) is 0 Å². The van der Waals surface area contributed by atoms with Crippen LogP contribution in [0.25, 0.3) is 9.75 Å². The highest BCUT2D eigenvalue weighted by Crippen LogP contribution is 2.42. The molecule has 308 valence electrons. The summed E-state index contributed by atoms with van der Waals surface area (Å²) in [7, 11) is 3.64. The maximum absolute atomic E-state index is 17.4. The first-order chi connectivity index (χ1) is 26.2. The van der Waals surface area contributed by atoms with E-state index in [0.29, 0.717) is 6.42 Å². The van der Waals surface area contributed by atoms with Crippen molar-refractivity contribution in [3.63, 3.8) is 0 Å². The lowest BCUT2D eigenvalue weighted by Gasteiger charge is -2.47. The van der Waals surface area contributed by atoms with Gasteiger partial charge in [-0.15, -0.1) is 22.7 Å². The Kier molecular flexibility index (Phi) is 13.6. The van der Waals surface area contributed by atoms with Crippen LogP contribution in [-0.4, -0.2) is 114 Å². The zero-order valence-corrected chi connectivity index (χ0v) is 35.4. The Hall–Kier alpha value is -3.23. The number of nitrogens with zero attached hydrogens (tertiary/aromatic N) is 1. The second kappa shape index (κ2) is 17.3. The number of esters is 1. The summed E-state index contributed by atoms with van der Waals surface area (Å²) < 4.78 is 48.2. The molecule has 15 heteroatoms. The maximum Gasteiger partial charge on any atom is 0.408 e. The summed E-state index contributed by atoms with van der Waals surface area (Å²) in [5.41, 5.74) is -6.00. The van der Waals surface area contributed by atoms with Crippen molar-refractivity contribution in [2.75, 3.05) is 20.7 Å². The van der Waals surface area contributed by atoms with E-state index in [2.05, 4.69) is 17.2 Å². The van der Waals surface area contributed by atoms with Gasteiger partial charge in [-0.2, -0.15) is 0 Å². The van der Waals surface area contributed by atoms with Gasteiger partial charge in [0.25, 0.3) is 0 Å². The minimum absolute atomic E-state index is 0.166. The average Bonchev–Trinajstić information content (AvgIpc) is 3.91. The first-order valence-corrected chi connectivity index (χ1v) is 20.8. The first kappa shape index (κ1) is 43.9. The van der Waals surface area contributed by atoms with Crippen LogP contribution >= 0.6 is 22.7 Å². The number of rotatable bonds is 7. The quantitative estimate of drug-likeness (QED) is 0.199. The molecule has 13 atom stereocenters. The Labute approximate surface area is 336 Å².